The zero-order valence-electron chi connectivity index (χ0n) is 12.7. The van der Waals surface area contributed by atoms with E-state index in [9.17, 15) is 14.6 Å². The van der Waals surface area contributed by atoms with Crippen molar-refractivity contribution in [2.75, 3.05) is 0 Å². The van der Waals surface area contributed by atoms with E-state index in [0.29, 0.717) is 12.8 Å². The molecule has 1 aliphatic heterocycles. The maximum Gasteiger partial charge on any atom is 0.478 e. The van der Waals surface area contributed by atoms with Crippen molar-refractivity contribution in [1.29, 1.82) is 0 Å². The summed E-state index contributed by atoms with van der Waals surface area (Å²) in [6.07, 6.45) is 3.92. The molecule has 0 fully saturated rings. The van der Waals surface area contributed by atoms with E-state index in [-0.39, 0.29) is 18.7 Å². The number of carbonyl (C=O) groups is 2. The van der Waals surface area contributed by atoms with Crippen LogP contribution in [0.5, 0.6) is 0 Å². The van der Waals surface area contributed by atoms with Crippen molar-refractivity contribution in [2.24, 2.45) is 0 Å². The third-order valence-corrected chi connectivity index (χ3v) is 3.59. The van der Waals surface area contributed by atoms with Crippen molar-refractivity contribution in [3.05, 3.63) is 48.0 Å². The van der Waals surface area contributed by atoms with Gasteiger partial charge >= 0.3 is 13.1 Å². The summed E-state index contributed by atoms with van der Waals surface area (Å²) in [5, 5.41) is 21.7. The number of rotatable bonds is 5. The van der Waals surface area contributed by atoms with Gasteiger partial charge in [0.2, 0.25) is 5.91 Å². The Hall–Kier alpha value is -2.12. The van der Waals surface area contributed by atoms with Crippen LogP contribution in [-0.2, 0) is 20.7 Å². The molecule has 0 saturated carbocycles. The molecule has 1 aliphatic rings. The Kier molecular flexibility index (Phi) is 6.37. The Labute approximate surface area is 135 Å². The minimum atomic E-state index is -1.23. The van der Waals surface area contributed by atoms with Gasteiger partial charge in [-0.1, -0.05) is 42.5 Å². The number of nitrogens with one attached hydrogen (secondary N) is 1. The van der Waals surface area contributed by atoms with E-state index in [1.54, 1.807) is 0 Å². The zero-order valence-corrected chi connectivity index (χ0v) is 12.7. The standard InChI is InChI=1S/C16H20BNO5/c19-15(10-12-6-2-1-3-7-12)18-14-9-5-4-8-13(11-16(20)21)23-17(14)22/h1-7,13-14,22H,8-11H2,(H,18,19)(H,20,21)/b5-4-/t13-,14+/m1/s1. The van der Waals surface area contributed by atoms with Crippen LogP contribution in [0.1, 0.15) is 24.8 Å². The van der Waals surface area contributed by atoms with Crippen LogP contribution in [0.25, 0.3) is 0 Å². The molecule has 23 heavy (non-hydrogen) atoms. The maximum absolute atomic E-state index is 12.1. The Morgan fingerprint density at radius 1 is 1.22 bits per heavy atom. The van der Waals surface area contributed by atoms with Crippen molar-refractivity contribution < 1.29 is 24.4 Å². The molecule has 0 radical (unpaired) electrons. The van der Waals surface area contributed by atoms with Crippen LogP contribution in [0.15, 0.2) is 42.5 Å². The van der Waals surface area contributed by atoms with Crippen LogP contribution >= 0.6 is 0 Å². The van der Waals surface area contributed by atoms with Crippen LogP contribution in [0.2, 0.25) is 0 Å². The van der Waals surface area contributed by atoms with E-state index in [2.05, 4.69) is 5.32 Å². The van der Waals surface area contributed by atoms with Gasteiger partial charge in [0.1, 0.15) is 0 Å². The second-order valence-corrected chi connectivity index (χ2v) is 5.53. The molecule has 122 valence electrons. The lowest BCUT2D eigenvalue weighted by Gasteiger charge is -2.25. The van der Waals surface area contributed by atoms with Gasteiger partial charge in [-0.05, 0) is 18.4 Å². The van der Waals surface area contributed by atoms with Gasteiger partial charge in [-0.2, -0.15) is 0 Å². The second-order valence-electron chi connectivity index (χ2n) is 5.53. The zero-order chi connectivity index (χ0) is 16.7. The van der Waals surface area contributed by atoms with Gasteiger partial charge in [0.15, 0.2) is 0 Å². The average molecular weight is 317 g/mol. The van der Waals surface area contributed by atoms with Crippen LogP contribution in [0.4, 0.5) is 0 Å². The summed E-state index contributed by atoms with van der Waals surface area (Å²) in [5.74, 6) is -1.80. The number of aliphatic carboxylic acids is 1. The SMILES string of the molecule is O=C(O)C[C@H]1C/C=C\C[C@H](NC(=O)Cc2ccccc2)B(O)O1. The molecular weight excluding hydrogens is 297 g/mol. The molecule has 0 saturated heterocycles. The van der Waals surface area contributed by atoms with Gasteiger partial charge in [0.05, 0.1) is 24.9 Å². The lowest BCUT2D eigenvalue weighted by molar-refractivity contribution is -0.139. The number of amides is 1. The summed E-state index contributed by atoms with van der Waals surface area (Å²) in [6.45, 7) is 0. The molecule has 6 nitrogen and oxygen atoms in total. The highest BCUT2D eigenvalue weighted by atomic mass is 16.5. The summed E-state index contributed by atoms with van der Waals surface area (Å²) < 4.78 is 5.37. The molecule has 1 amide bonds. The van der Waals surface area contributed by atoms with Gasteiger partial charge in [-0.3, -0.25) is 9.59 Å². The smallest absolute Gasteiger partial charge is 0.478 e. The molecule has 0 aliphatic carbocycles. The first-order valence-corrected chi connectivity index (χ1v) is 7.58. The average Bonchev–Trinajstić information content (AvgIpc) is 2.49. The molecule has 1 aromatic rings. The fourth-order valence-corrected chi connectivity index (χ4v) is 2.45. The Morgan fingerprint density at radius 2 is 1.91 bits per heavy atom. The molecule has 0 bridgehead atoms. The first-order valence-electron chi connectivity index (χ1n) is 7.58. The summed E-state index contributed by atoms with van der Waals surface area (Å²) >= 11 is 0. The molecule has 2 atom stereocenters. The number of hydrogen-bond donors (Lipinski definition) is 3. The van der Waals surface area contributed by atoms with E-state index in [1.165, 1.54) is 0 Å². The monoisotopic (exact) mass is 317 g/mol. The molecule has 0 unspecified atom stereocenters. The predicted molar refractivity (Wildman–Crippen MR) is 85.5 cm³/mol. The highest BCUT2D eigenvalue weighted by molar-refractivity contribution is 6.45. The summed E-state index contributed by atoms with van der Waals surface area (Å²) in [4.78, 5) is 22.9. The fraction of sp³-hybridized carbons (Fsp3) is 0.375. The molecule has 7 heteroatoms. The highest BCUT2D eigenvalue weighted by Gasteiger charge is 2.32. The number of carbonyl (C=O) groups excluding carboxylic acids is 1. The molecule has 1 aromatic carbocycles. The first kappa shape index (κ1) is 17.2. The van der Waals surface area contributed by atoms with E-state index in [1.807, 2.05) is 42.5 Å². The van der Waals surface area contributed by atoms with Crippen molar-refractivity contribution >= 4 is 19.0 Å². The molecule has 1 heterocycles. The summed E-state index contributed by atoms with van der Waals surface area (Å²) in [7, 11) is -1.23. The van der Waals surface area contributed by atoms with Gasteiger partial charge in [0, 0.05) is 0 Å². The third-order valence-electron chi connectivity index (χ3n) is 3.59. The predicted octanol–water partition coefficient (Wildman–Crippen LogP) is 0.944. The summed E-state index contributed by atoms with van der Waals surface area (Å²) in [6, 6.07) is 9.30. The molecule has 0 aromatic heterocycles. The van der Waals surface area contributed by atoms with Crippen molar-refractivity contribution in [1.82, 2.24) is 5.32 Å². The lowest BCUT2D eigenvalue weighted by Crippen LogP contribution is -2.50. The summed E-state index contributed by atoms with van der Waals surface area (Å²) in [5.41, 5.74) is 0.880. The van der Waals surface area contributed by atoms with E-state index >= 15 is 0 Å². The molecular formula is C16H20BNO5. The number of benzene rings is 1. The normalized spacial score (nSPS) is 22.7. The second kappa shape index (κ2) is 8.50. The van der Waals surface area contributed by atoms with Gasteiger partial charge in [0.25, 0.3) is 0 Å². The van der Waals surface area contributed by atoms with Crippen molar-refractivity contribution in [3.8, 4) is 0 Å². The number of carboxylic acids is 1. The number of carboxylic acid groups (broad SMARTS) is 1. The van der Waals surface area contributed by atoms with E-state index in [0.717, 1.165) is 5.56 Å². The maximum atomic E-state index is 12.1. The molecule has 3 N–H and O–H groups in total. The third kappa shape index (κ3) is 5.88. The highest BCUT2D eigenvalue weighted by Crippen LogP contribution is 2.13. The van der Waals surface area contributed by atoms with Crippen molar-refractivity contribution in [3.63, 3.8) is 0 Å². The Morgan fingerprint density at radius 3 is 2.61 bits per heavy atom. The van der Waals surface area contributed by atoms with Gasteiger partial charge in [-0.15, -0.1) is 0 Å². The van der Waals surface area contributed by atoms with Gasteiger partial charge < -0.3 is 20.1 Å². The molecule has 0 spiro atoms. The Bertz CT molecular complexity index is 563. The topological polar surface area (TPSA) is 95.9 Å². The minimum absolute atomic E-state index is 0.188. The van der Waals surface area contributed by atoms with Gasteiger partial charge in [-0.25, -0.2) is 0 Å². The van der Waals surface area contributed by atoms with E-state index < -0.39 is 25.1 Å². The van der Waals surface area contributed by atoms with Crippen LogP contribution in [0.3, 0.4) is 0 Å². The van der Waals surface area contributed by atoms with Crippen LogP contribution < -0.4 is 5.32 Å². The minimum Gasteiger partial charge on any atom is -0.481 e. The van der Waals surface area contributed by atoms with Crippen LogP contribution in [0, 0.1) is 0 Å². The van der Waals surface area contributed by atoms with Crippen molar-refractivity contribution in [2.45, 2.75) is 37.7 Å². The largest absolute Gasteiger partial charge is 0.481 e. The van der Waals surface area contributed by atoms with E-state index in [4.69, 9.17) is 9.76 Å². The molecule has 2 rings (SSSR count). The van der Waals surface area contributed by atoms with Crippen LogP contribution in [-0.4, -0.2) is 41.2 Å². The quantitative estimate of drug-likeness (QED) is 0.555. The first-order chi connectivity index (χ1) is 11.0. The lowest BCUT2D eigenvalue weighted by atomic mass is 9.75. The number of hydrogen-bond acceptors (Lipinski definition) is 4. The fourth-order valence-electron chi connectivity index (χ4n) is 2.45. The Balaban J connectivity index is 1.92.